The highest BCUT2D eigenvalue weighted by molar-refractivity contribution is 6.03. The molecule has 3 aromatic rings. The van der Waals surface area contributed by atoms with Crippen LogP contribution in [0.2, 0.25) is 0 Å². The smallest absolute Gasteiger partial charge is 0.294 e. The number of para-hydroxylation sites is 2. The van der Waals surface area contributed by atoms with Gasteiger partial charge in [0, 0.05) is 36.4 Å². The summed E-state index contributed by atoms with van der Waals surface area (Å²) in [5, 5.41) is 2.71. The maximum Gasteiger partial charge on any atom is 0.294 e. The molecule has 2 aliphatic heterocycles. The molecule has 3 atom stereocenters. The Hall–Kier alpha value is -3.26. The van der Waals surface area contributed by atoms with Gasteiger partial charge in [-0.05, 0) is 56.7 Å². The van der Waals surface area contributed by atoms with Crippen molar-refractivity contribution in [1.82, 2.24) is 19.4 Å². The van der Waals surface area contributed by atoms with Crippen LogP contribution in [0.5, 0.6) is 0 Å². The van der Waals surface area contributed by atoms with E-state index in [1.54, 1.807) is 0 Å². The second-order valence-corrected chi connectivity index (χ2v) is 11.0. The van der Waals surface area contributed by atoms with Gasteiger partial charge in [-0.1, -0.05) is 44.2 Å². The van der Waals surface area contributed by atoms with Gasteiger partial charge in [0.05, 0.1) is 16.6 Å². The fourth-order valence-corrected chi connectivity index (χ4v) is 7.05. The Morgan fingerprint density at radius 1 is 0.838 bits per heavy atom. The summed E-state index contributed by atoms with van der Waals surface area (Å²) in [6.07, 6.45) is 15.0. The average Bonchev–Trinajstić information content (AvgIpc) is 3.13. The Balaban J connectivity index is 1.31. The fraction of sp³-hybridized carbons (Fsp3) is 0.517. The third-order valence-electron chi connectivity index (χ3n) is 8.70. The highest BCUT2D eigenvalue weighted by Crippen LogP contribution is 2.44. The number of anilines is 1. The van der Waals surface area contributed by atoms with Crippen molar-refractivity contribution < 1.29 is 4.79 Å². The summed E-state index contributed by atoms with van der Waals surface area (Å²) in [5.74, 6) is -0.438. The molecular weight excluding hydrogens is 466 g/mol. The normalized spacial score (nSPS) is 25.0. The van der Waals surface area contributed by atoms with Crippen LogP contribution in [0.15, 0.2) is 52.2 Å². The molecule has 3 aliphatic rings. The summed E-state index contributed by atoms with van der Waals surface area (Å²) in [6, 6.07) is 12.2. The van der Waals surface area contributed by atoms with Crippen molar-refractivity contribution in [3.05, 3.63) is 68.9 Å². The summed E-state index contributed by atoms with van der Waals surface area (Å²) in [5.41, 5.74) is 1.22. The predicted molar refractivity (Wildman–Crippen MR) is 144 cm³/mol. The Bertz CT molecular complexity index is 1370. The first-order valence-corrected chi connectivity index (χ1v) is 13.9. The fourth-order valence-electron chi connectivity index (χ4n) is 7.05. The zero-order valence-electron chi connectivity index (χ0n) is 21.2. The second-order valence-electron chi connectivity index (χ2n) is 11.0. The standard InChI is InChI=1S/C29H35N5O3/c35-26-15-12-19(18-30-26)28(36)32-27-29(37)34(25-11-7-6-10-24(25)31-27)23-16-21-13-14-22(17-23)33(21)20-8-4-2-1-3-5-9-20/h6-7,10-12,15,18,20-23H,1-5,8-9,13-14,16-17H2,(H,30,35)(H,31,32,36)/t21-,22?,23?/m0/s1. The lowest BCUT2D eigenvalue weighted by atomic mass is 9.89. The molecule has 4 heterocycles. The first-order valence-electron chi connectivity index (χ1n) is 13.9. The van der Waals surface area contributed by atoms with Gasteiger partial charge in [0.25, 0.3) is 11.5 Å². The van der Waals surface area contributed by atoms with Crippen molar-refractivity contribution in [1.29, 1.82) is 0 Å². The number of nitrogens with one attached hydrogen (secondary N) is 2. The molecule has 1 aliphatic carbocycles. The van der Waals surface area contributed by atoms with Crippen LogP contribution in [0.4, 0.5) is 5.82 Å². The van der Waals surface area contributed by atoms with Crippen molar-refractivity contribution in [3.8, 4) is 0 Å². The summed E-state index contributed by atoms with van der Waals surface area (Å²) in [6.45, 7) is 0. The number of amides is 1. The zero-order chi connectivity index (χ0) is 25.4. The number of carbonyl (C=O) groups is 1. The third kappa shape index (κ3) is 4.75. The molecule has 1 saturated carbocycles. The molecule has 3 fully saturated rings. The van der Waals surface area contributed by atoms with Gasteiger partial charge in [-0.3, -0.25) is 19.3 Å². The molecule has 2 aromatic heterocycles. The van der Waals surface area contributed by atoms with Crippen LogP contribution in [0.25, 0.3) is 11.0 Å². The lowest BCUT2D eigenvalue weighted by Gasteiger charge is -2.45. The van der Waals surface area contributed by atoms with E-state index >= 15 is 0 Å². The summed E-state index contributed by atoms with van der Waals surface area (Å²) in [7, 11) is 0. The SMILES string of the molecule is O=C(Nc1nc2ccccc2n(C2CC3CC[C@@H](C2)N3C2CCCCCCC2)c1=O)c1ccc(=O)[nH]c1. The van der Waals surface area contributed by atoms with E-state index in [4.69, 9.17) is 0 Å². The largest absolute Gasteiger partial charge is 0.328 e. The lowest BCUT2D eigenvalue weighted by Crippen LogP contribution is -2.50. The van der Waals surface area contributed by atoms with E-state index in [-0.39, 0.29) is 28.5 Å². The molecule has 37 heavy (non-hydrogen) atoms. The van der Waals surface area contributed by atoms with Crippen LogP contribution in [0.3, 0.4) is 0 Å². The van der Waals surface area contributed by atoms with Crippen LogP contribution >= 0.6 is 0 Å². The third-order valence-corrected chi connectivity index (χ3v) is 8.70. The topological polar surface area (TPSA) is 100 Å². The lowest BCUT2D eigenvalue weighted by molar-refractivity contribution is 0.0498. The summed E-state index contributed by atoms with van der Waals surface area (Å²) < 4.78 is 1.89. The predicted octanol–water partition coefficient (Wildman–Crippen LogP) is 4.62. The zero-order valence-corrected chi connectivity index (χ0v) is 21.2. The minimum absolute atomic E-state index is 0.0321. The minimum Gasteiger partial charge on any atom is -0.328 e. The monoisotopic (exact) mass is 501 g/mol. The van der Waals surface area contributed by atoms with Crippen LogP contribution in [0, 0.1) is 0 Å². The van der Waals surface area contributed by atoms with E-state index in [0.717, 1.165) is 18.4 Å². The average molecular weight is 502 g/mol. The number of aromatic amines is 1. The molecule has 2 unspecified atom stereocenters. The Morgan fingerprint density at radius 3 is 2.24 bits per heavy atom. The molecule has 194 valence electrons. The van der Waals surface area contributed by atoms with Gasteiger partial charge in [-0.25, -0.2) is 4.98 Å². The number of nitrogens with zero attached hydrogens (tertiary/aromatic N) is 3. The number of H-pyrrole nitrogens is 1. The van der Waals surface area contributed by atoms with E-state index in [2.05, 4.69) is 20.2 Å². The van der Waals surface area contributed by atoms with Gasteiger partial charge < -0.3 is 14.9 Å². The quantitative estimate of drug-likeness (QED) is 0.544. The maximum absolute atomic E-state index is 13.8. The molecule has 8 nitrogen and oxygen atoms in total. The second kappa shape index (κ2) is 10.2. The van der Waals surface area contributed by atoms with Gasteiger partial charge >= 0.3 is 0 Å². The van der Waals surface area contributed by atoms with Gasteiger partial charge in [0.2, 0.25) is 5.56 Å². The van der Waals surface area contributed by atoms with Crippen LogP contribution in [0.1, 0.15) is 87.0 Å². The number of benzene rings is 1. The van der Waals surface area contributed by atoms with Crippen molar-refractivity contribution in [2.45, 2.75) is 94.8 Å². The van der Waals surface area contributed by atoms with Crippen molar-refractivity contribution in [2.24, 2.45) is 0 Å². The maximum atomic E-state index is 13.8. The molecular formula is C29H35N5O3. The van der Waals surface area contributed by atoms with E-state index < -0.39 is 5.91 Å². The van der Waals surface area contributed by atoms with Gasteiger partial charge in [-0.15, -0.1) is 0 Å². The number of rotatable bonds is 4. The number of hydrogen-bond donors (Lipinski definition) is 2. The van der Waals surface area contributed by atoms with Crippen LogP contribution < -0.4 is 16.4 Å². The molecule has 2 saturated heterocycles. The summed E-state index contributed by atoms with van der Waals surface area (Å²) in [4.78, 5) is 47.9. The molecule has 1 amide bonds. The molecule has 0 radical (unpaired) electrons. The highest BCUT2D eigenvalue weighted by atomic mass is 16.2. The number of carbonyl (C=O) groups excluding carboxylic acids is 1. The van der Waals surface area contributed by atoms with E-state index in [1.807, 2.05) is 28.8 Å². The molecule has 6 rings (SSSR count). The molecule has 1 aromatic carbocycles. The molecule has 2 N–H and O–H groups in total. The minimum atomic E-state index is -0.471. The van der Waals surface area contributed by atoms with E-state index in [1.165, 1.54) is 76.1 Å². The van der Waals surface area contributed by atoms with Crippen molar-refractivity contribution in [3.63, 3.8) is 0 Å². The van der Waals surface area contributed by atoms with E-state index in [9.17, 15) is 14.4 Å². The first kappa shape index (κ1) is 24.1. The molecule has 8 heteroatoms. The van der Waals surface area contributed by atoms with Crippen molar-refractivity contribution in [2.75, 3.05) is 5.32 Å². The first-order chi connectivity index (χ1) is 18.1. The number of pyridine rings is 1. The number of hydrogen-bond acceptors (Lipinski definition) is 5. The number of piperidine rings is 1. The van der Waals surface area contributed by atoms with Gasteiger partial charge in [-0.2, -0.15) is 0 Å². The van der Waals surface area contributed by atoms with Crippen LogP contribution in [-0.2, 0) is 0 Å². The van der Waals surface area contributed by atoms with Crippen LogP contribution in [-0.4, -0.2) is 43.5 Å². The van der Waals surface area contributed by atoms with Crippen molar-refractivity contribution >= 4 is 22.8 Å². The molecule has 2 bridgehead atoms. The Kier molecular flexibility index (Phi) is 6.67. The molecule has 0 spiro atoms. The Labute approximate surface area is 216 Å². The Morgan fingerprint density at radius 2 is 1.54 bits per heavy atom. The van der Waals surface area contributed by atoms with Gasteiger partial charge in [0.1, 0.15) is 0 Å². The van der Waals surface area contributed by atoms with Gasteiger partial charge in [0.15, 0.2) is 5.82 Å². The number of fused-ring (bicyclic) bond motifs is 3. The highest BCUT2D eigenvalue weighted by Gasteiger charge is 2.44. The summed E-state index contributed by atoms with van der Waals surface area (Å²) >= 11 is 0. The number of aromatic nitrogens is 3. The van der Waals surface area contributed by atoms with E-state index in [0.29, 0.717) is 23.6 Å².